The van der Waals surface area contributed by atoms with Gasteiger partial charge in [-0.2, -0.15) is 0 Å². The zero-order valence-electron chi connectivity index (χ0n) is 20.8. The van der Waals surface area contributed by atoms with Crippen LogP contribution >= 0.6 is 0 Å². The van der Waals surface area contributed by atoms with E-state index in [2.05, 4.69) is 34.8 Å². The van der Waals surface area contributed by atoms with Crippen molar-refractivity contribution in [1.29, 1.82) is 0 Å². The molecule has 6 rings (SSSR count). The molecule has 2 aromatic heterocycles. The van der Waals surface area contributed by atoms with Gasteiger partial charge in [-0.3, -0.25) is 9.69 Å². The summed E-state index contributed by atoms with van der Waals surface area (Å²) in [4.78, 5) is 26.8. The number of aromatic nitrogens is 2. The fraction of sp³-hybridized carbons (Fsp3) is 0.207. The molecule has 1 aliphatic rings. The summed E-state index contributed by atoms with van der Waals surface area (Å²) < 4.78 is 12.8. The Morgan fingerprint density at radius 3 is 2.49 bits per heavy atom. The topological polar surface area (TPSA) is 104 Å². The number of primary amides is 1. The van der Waals surface area contributed by atoms with Crippen LogP contribution in [0.3, 0.4) is 0 Å². The number of carbonyl (C=O) groups is 2. The molecule has 2 amide bonds. The first kappa shape index (κ1) is 22.8. The number of carbonyl (C=O) groups excluding carboxylic acids is 2. The Balaban J connectivity index is 1.71. The summed E-state index contributed by atoms with van der Waals surface area (Å²) in [6.45, 7) is 6.68. The third-order valence-corrected chi connectivity index (χ3v) is 7.22. The van der Waals surface area contributed by atoms with Gasteiger partial charge in [-0.1, -0.05) is 35.5 Å². The number of nitrogens with two attached hydrogens (primary N) is 1. The molecule has 1 atom stereocenters. The third kappa shape index (κ3) is 3.56. The molecule has 0 saturated carbocycles. The summed E-state index contributed by atoms with van der Waals surface area (Å²) in [7, 11) is 0. The number of anilines is 1. The Kier molecular flexibility index (Phi) is 5.26. The fourth-order valence-corrected chi connectivity index (χ4v) is 5.49. The number of rotatable bonds is 5. The molecule has 8 heteroatoms. The van der Waals surface area contributed by atoms with Crippen LogP contribution in [0.4, 0.5) is 10.5 Å². The van der Waals surface area contributed by atoms with Crippen molar-refractivity contribution in [2.45, 2.75) is 26.8 Å². The van der Waals surface area contributed by atoms with E-state index < -0.39 is 5.91 Å². The first-order chi connectivity index (χ1) is 17.8. The normalized spacial score (nSPS) is 14.5. The average molecular weight is 495 g/mol. The van der Waals surface area contributed by atoms with Crippen LogP contribution in [0.1, 0.15) is 40.3 Å². The minimum absolute atomic E-state index is 0.0514. The van der Waals surface area contributed by atoms with Gasteiger partial charge in [-0.05, 0) is 62.2 Å². The highest BCUT2D eigenvalue weighted by atomic mass is 16.6. The van der Waals surface area contributed by atoms with Gasteiger partial charge in [-0.25, -0.2) is 4.79 Å². The SMILES string of the molecule is Cc1noc(C)c1-c1cc(C(N)=O)c2c3cc(N4CCOC4=O)ccc3n(C(C)c3ccccc3)c2c1. The van der Waals surface area contributed by atoms with Crippen molar-refractivity contribution in [3.63, 3.8) is 0 Å². The van der Waals surface area contributed by atoms with E-state index in [0.29, 0.717) is 30.2 Å². The molecule has 1 unspecified atom stereocenters. The van der Waals surface area contributed by atoms with Crippen LogP contribution in [0, 0.1) is 13.8 Å². The van der Waals surface area contributed by atoms with E-state index in [9.17, 15) is 9.59 Å². The van der Waals surface area contributed by atoms with Crippen LogP contribution in [0.5, 0.6) is 0 Å². The van der Waals surface area contributed by atoms with Gasteiger partial charge >= 0.3 is 6.09 Å². The number of ether oxygens (including phenoxy) is 1. The predicted octanol–water partition coefficient (Wildman–Crippen LogP) is 5.73. The van der Waals surface area contributed by atoms with E-state index in [1.165, 1.54) is 0 Å². The summed E-state index contributed by atoms with van der Waals surface area (Å²) in [5.74, 6) is 0.136. The molecular formula is C29H26N4O4. The van der Waals surface area contributed by atoms with Gasteiger partial charge in [0.1, 0.15) is 12.4 Å². The number of amides is 2. The van der Waals surface area contributed by atoms with Gasteiger partial charge in [0.2, 0.25) is 5.91 Å². The van der Waals surface area contributed by atoms with Crippen molar-refractivity contribution < 1.29 is 18.8 Å². The maximum atomic E-state index is 12.9. The number of fused-ring (bicyclic) bond motifs is 3. The molecule has 5 aromatic rings. The largest absolute Gasteiger partial charge is 0.447 e. The van der Waals surface area contributed by atoms with Gasteiger partial charge in [-0.15, -0.1) is 0 Å². The van der Waals surface area contributed by atoms with Crippen LogP contribution < -0.4 is 10.6 Å². The Hall–Kier alpha value is -4.59. The van der Waals surface area contributed by atoms with Gasteiger partial charge in [0.25, 0.3) is 0 Å². The lowest BCUT2D eigenvalue weighted by atomic mass is 9.97. The lowest BCUT2D eigenvalue weighted by Gasteiger charge is -2.18. The second-order valence-electron chi connectivity index (χ2n) is 9.41. The number of nitrogens with zero attached hydrogens (tertiary/aromatic N) is 3. The van der Waals surface area contributed by atoms with Crippen LogP contribution in [-0.2, 0) is 4.74 Å². The molecule has 0 spiro atoms. The van der Waals surface area contributed by atoms with Gasteiger partial charge < -0.3 is 19.6 Å². The van der Waals surface area contributed by atoms with Crippen molar-refractivity contribution in [3.8, 4) is 11.1 Å². The number of hydrogen-bond donors (Lipinski definition) is 1. The van der Waals surface area contributed by atoms with Crippen LogP contribution in [0.15, 0.2) is 65.2 Å². The Morgan fingerprint density at radius 2 is 1.84 bits per heavy atom. The van der Waals surface area contributed by atoms with E-state index in [-0.39, 0.29) is 12.1 Å². The van der Waals surface area contributed by atoms with Gasteiger partial charge in [0.05, 0.1) is 23.8 Å². The summed E-state index contributed by atoms with van der Waals surface area (Å²) in [5.41, 5.74) is 12.4. The van der Waals surface area contributed by atoms with Gasteiger partial charge in [0.15, 0.2) is 0 Å². The summed E-state index contributed by atoms with van der Waals surface area (Å²) in [5, 5.41) is 5.70. The molecule has 186 valence electrons. The van der Waals surface area contributed by atoms with Crippen molar-refractivity contribution in [3.05, 3.63) is 83.2 Å². The molecule has 1 saturated heterocycles. The van der Waals surface area contributed by atoms with Crippen molar-refractivity contribution in [2.75, 3.05) is 18.1 Å². The van der Waals surface area contributed by atoms with Crippen LogP contribution in [0.2, 0.25) is 0 Å². The van der Waals surface area contributed by atoms with E-state index in [1.54, 1.807) is 4.90 Å². The first-order valence-electron chi connectivity index (χ1n) is 12.2. The first-order valence-corrected chi connectivity index (χ1v) is 12.2. The highest BCUT2D eigenvalue weighted by molar-refractivity contribution is 6.20. The number of hydrogen-bond acceptors (Lipinski definition) is 5. The highest BCUT2D eigenvalue weighted by Gasteiger charge is 2.27. The standard InChI is InChI=1S/C29H26N4O4/c1-16-26(18(3)37-31-16)20-13-23(28(30)34)27-22-15-21(32-11-12-36-29(32)35)9-10-24(22)33(25(27)14-20)17(2)19-7-5-4-6-8-19/h4-10,13-15,17H,11-12H2,1-3H3,(H2,30,34). The lowest BCUT2D eigenvalue weighted by molar-refractivity contribution is 0.100. The van der Waals surface area contributed by atoms with Crippen molar-refractivity contribution in [2.24, 2.45) is 5.73 Å². The number of benzene rings is 3. The Labute approximate surface area is 213 Å². The molecule has 37 heavy (non-hydrogen) atoms. The Bertz CT molecular complexity index is 1680. The maximum Gasteiger partial charge on any atom is 0.414 e. The van der Waals surface area contributed by atoms with Crippen molar-refractivity contribution in [1.82, 2.24) is 9.72 Å². The smallest absolute Gasteiger partial charge is 0.414 e. The zero-order chi connectivity index (χ0) is 25.8. The lowest BCUT2D eigenvalue weighted by Crippen LogP contribution is -2.23. The number of aryl methyl sites for hydroxylation is 2. The molecule has 3 aromatic carbocycles. The highest BCUT2D eigenvalue weighted by Crippen LogP contribution is 2.41. The molecule has 0 bridgehead atoms. The maximum absolute atomic E-state index is 12.9. The molecule has 0 radical (unpaired) electrons. The zero-order valence-corrected chi connectivity index (χ0v) is 20.8. The molecule has 8 nitrogen and oxygen atoms in total. The molecule has 1 fully saturated rings. The summed E-state index contributed by atoms with van der Waals surface area (Å²) in [6, 6.07) is 19.9. The second-order valence-corrected chi connectivity index (χ2v) is 9.41. The minimum atomic E-state index is -0.531. The monoisotopic (exact) mass is 494 g/mol. The van der Waals surface area contributed by atoms with Crippen molar-refractivity contribution >= 4 is 39.5 Å². The van der Waals surface area contributed by atoms with Gasteiger partial charge in [0, 0.05) is 33.1 Å². The second kappa shape index (κ2) is 8.51. The summed E-state index contributed by atoms with van der Waals surface area (Å²) >= 11 is 0. The summed E-state index contributed by atoms with van der Waals surface area (Å²) in [6.07, 6.45) is -0.378. The predicted molar refractivity (Wildman–Crippen MR) is 142 cm³/mol. The quantitative estimate of drug-likeness (QED) is 0.336. The fourth-order valence-electron chi connectivity index (χ4n) is 5.49. The minimum Gasteiger partial charge on any atom is -0.447 e. The molecule has 1 aliphatic heterocycles. The average Bonchev–Trinajstić information content (AvgIpc) is 3.57. The van der Waals surface area contributed by atoms with E-state index in [1.807, 2.05) is 56.3 Å². The third-order valence-electron chi connectivity index (χ3n) is 7.22. The molecular weight excluding hydrogens is 468 g/mol. The molecule has 2 N–H and O–H groups in total. The molecule has 0 aliphatic carbocycles. The van der Waals surface area contributed by atoms with E-state index in [0.717, 1.165) is 44.2 Å². The van der Waals surface area contributed by atoms with Crippen LogP contribution in [0.25, 0.3) is 32.9 Å². The molecule has 3 heterocycles. The number of cyclic esters (lactones) is 1. The van der Waals surface area contributed by atoms with Crippen LogP contribution in [-0.4, -0.2) is 34.9 Å². The Morgan fingerprint density at radius 1 is 1.05 bits per heavy atom. The van der Waals surface area contributed by atoms with E-state index >= 15 is 0 Å². The van der Waals surface area contributed by atoms with E-state index in [4.69, 9.17) is 15.0 Å².